The van der Waals surface area contributed by atoms with Crippen molar-refractivity contribution in [2.24, 2.45) is 5.92 Å². The molecular weight excluding hydrogens is 278 g/mol. The second-order valence-corrected chi connectivity index (χ2v) is 4.15. The lowest BCUT2D eigenvalue weighted by atomic mass is 10.2. The van der Waals surface area contributed by atoms with Gasteiger partial charge in [-0.15, -0.1) is 0 Å². The van der Waals surface area contributed by atoms with Crippen LogP contribution in [-0.4, -0.2) is 27.7 Å². The molecule has 0 aromatic carbocycles. The van der Waals surface area contributed by atoms with E-state index in [-0.39, 0.29) is 17.3 Å². The fourth-order valence-electron chi connectivity index (χ4n) is 1.04. The number of aromatic nitrogens is 1. The molecule has 0 fully saturated rings. The van der Waals surface area contributed by atoms with E-state index in [1.165, 1.54) is 12.3 Å². The summed E-state index contributed by atoms with van der Waals surface area (Å²) in [4.78, 5) is 23.9. The topological polar surface area (TPSA) is 88.0 Å². The Morgan fingerprint density at radius 3 is 2.94 bits per heavy atom. The van der Waals surface area contributed by atoms with Crippen LogP contribution in [0, 0.1) is 16.0 Å². The van der Waals surface area contributed by atoms with E-state index in [4.69, 9.17) is 0 Å². The highest BCUT2D eigenvalue weighted by Crippen LogP contribution is 2.11. The Morgan fingerprint density at radius 2 is 2.44 bits per heavy atom. The smallest absolute Gasteiger partial charge is 0.287 e. The molecule has 0 bridgehead atoms. The molecule has 0 spiro atoms. The Hall–Kier alpha value is -1.37. The van der Waals surface area contributed by atoms with Crippen molar-refractivity contribution < 1.29 is 9.72 Å². The van der Waals surface area contributed by atoms with Gasteiger partial charge in [0.1, 0.15) is 5.69 Å². The van der Waals surface area contributed by atoms with Crippen molar-refractivity contribution >= 4 is 27.5 Å². The summed E-state index contributed by atoms with van der Waals surface area (Å²) >= 11 is 3.30. The summed E-state index contributed by atoms with van der Waals surface area (Å²) in [6.45, 7) is 2.50. The van der Waals surface area contributed by atoms with Crippen LogP contribution in [0.15, 0.2) is 12.3 Å². The van der Waals surface area contributed by atoms with Gasteiger partial charge in [0.05, 0.1) is 11.1 Å². The van der Waals surface area contributed by atoms with E-state index in [9.17, 15) is 14.9 Å². The highest BCUT2D eigenvalue weighted by atomic mass is 79.9. The number of alkyl halides is 1. The van der Waals surface area contributed by atoms with Crippen LogP contribution in [0.2, 0.25) is 0 Å². The summed E-state index contributed by atoms with van der Waals surface area (Å²) < 4.78 is 0. The summed E-state index contributed by atoms with van der Waals surface area (Å²) in [7, 11) is 0. The lowest BCUT2D eigenvalue weighted by Gasteiger charge is -2.07. The molecule has 0 radical (unpaired) electrons. The molecule has 6 nitrogen and oxygen atoms in total. The van der Waals surface area contributed by atoms with E-state index < -0.39 is 4.92 Å². The van der Waals surface area contributed by atoms with Crippen LogP contribution in [0.4, 0.5) is 5.69 Å². The number of hydrogen-bond acceptors (Lipinski definition) is 3. The molecule has 0 saturated heterocycles. The number of aromatic amines is 1. The van der Waals surface area contributed by atoms with Gasteiger partial charge >= 0.3 is 0 Å². The van der Waals surface area contributed by atoms with Gasteiger partial charge in [0.2, 0.25) is 0 Å². The minimum atomic E-state index is -0.547. The van der Waals surface area contributed by atoms with Crippen LogP contribution in [-0.2, 0) is 0 Å². The van der Waals surface area contributed by atoms with Crippen molar-refractivity contribution in [1.82, 2.24) is 10.3 Å². The lowest BCUT2D eigenvalue weighted by Crippen LogP contribution is -2.28. The molecule has 0 aliphatic carbocycles. The number of nitrogens with zero attached hydrogens (tertiary/aromatic N) is 1. The Morgan fingerprint density at radius 1 is 1.75 bits per heavy atom. The molecule has 1 unspecified atom stereocenters. The number of amides is 1. The molecule has 0 aliphatic rings. The fraction of sp³-hybridized carbons (Fsp3) is 0.444. The molecule has 0 saturated carbocycles. The fourth-order valence-corrected chi connectivity index (χ4v) is 1.27. The van der Waals surface area contributed by atoms with Crippen LogP contribution in [0.3, 0.4) is 0 Å². The molecule has 2 N–H and O–H groups in total. The third-order valence-corrected chi connectivity index (χ3v) is 3.10. The quantitative estimate of drug-likeness (QED) is 0.491. The van der Waals surface area contributed by atoms with Gasteiger partial charge in [-0.1, -0.05) is 22.9 Å². The van der Waals surface area contributed by atoms with Crippen LogP contribution < -0.4 is 5.32 Å². The molecule has 1 rings (SSSR count). The predicted molar refractivity (Wildman–Crippen MR) is 62.7 cm³/mol. The molecule has 1 aromatic rings. The molecule has 0 aliphatic heterocycles. The summed E-state index contributed by atoms with van der Waals surface area (Å²) in [6, 6.07) is 1.22. The average molecular weight is 290 g/mol. The zero-order chi connectivity index (χ0) is 12.1. The number of carbonyl (C=O) groups is 1. The number of hydrogen-bond donors (Lipinski definition) is 2. The van der Waals surface area contributed by atoms with Gasteiger partial charge in [-0.05, 0) is 5.92 Å². The van der Waals surface area contributed by atoms with E-state index in [1.54, 1.807) is 0 Å². The summed E-state index contributed by atoms with van der Waals surface area (Å²) in [6.07, 6.45) is 1.20. The molecule has 1 aromatic heterocycles. The maximum atomic E-state index is 11.5. The van der Waals surface area contributed by atoms with E-state index in [2.05, 4.69) is 26.2 Å². The van der Waals surface area contributed by atoms with Gasteiger partial charge in [0.25, 0.3) is 11.6 Å². The summed E-state index contributed by atoms with van der Waals surface area (Å²) in [5.74, 6) is -0.0187. The van der Waals surface area contributed by atoms with Crippen molar-refractivity contribution in [2.45, 2.75) is 6.92 Å². The predicted octanol–water partition coefficient (Wildman–Crippen LogP) is 1.68. The lowest BCUT2D eigenvalue weighted by molar-refractivity contribution is -0.384. The molecule has 1 atom stereocenters. The molecule has 1 heterocycles. The monoisotopic (exact) mass is 289 g/mol. The van der Waals surface area contributed by atoms with Crippen LogP contribution >= 0.6 is 15.9 Å². The molecule has 88 valence electrons. The third kappa shape index (κ3) is 3.34. The second-order valence-electron chi connectivity index (χ2n) is 3.50. The molecule has 16 heavy (non-hydrogen) atoms. The van der Waals surface area contributed by atoms with Crippen molar-refractivity contribution in [2.75, 3.05) is 11.9 Å². The standard InChI is InChI=1S/C9H12BrN3O3/c1-6(3-10)4-12-9(14)8-2-7(5-11-8)13(15)16/h2,5-6,11H,3-4H2,1H3,(H,12,14). The van der Waals surface area contributed by atoms with Gasteiger partial charge < -0.3 is 10.3 Å². The van der Waals surface area contributed by atoms with E-state index >= 15 is 0 Å². The molecular formula is C9H12BrN3O3. The number of nitro groups is 1. The van der Waals surface area contributed by atoms with E-state index in [1.807, 2.05) is 6.92 Å². The van der Waals surface area contributed by atoms with Crippen LogP contribution in [0.1, 0.15) is 17.4 Å². The van der Waals surface area contributed by atoms with Gasteiger partial charge in [-0.3, -0.25) is 14.9 Å². The van der Waals surface area contributed by atoms with E-state index in [0.717, 1.165) is 5.33 Å². The Bertz CT molecular complexity index is 391. The van der Waals surface area contributed by atoms with Crippen LogP contribution in [0.5, 0.6) is 0 Å². The first-order chi connectivity index (χ1) is 7.54. The number of H-pyrrole nitrogens is 1. The Kier molecular flexibility index (Phi) is 4.48. The zero-order valence-electron chi connectivity index (χ0n) is 8.70. The second kappa shape index (κ2) is 5.64. The number of rotatable bonds is 5. The maximum absolute atomic E-state index is 11.5. The number of nitrogens with one attached hydrogen (secondary N) is 2. The molecule has 7 heteroatoms. The van der Waals surface area contributed by atoms with Crippen molar-refractivity contribution in [3.63, 3.8) is 0 Å². The van der Waals surface area contributed by atoms with Crippen molar-refractivity contribution in [3.8, 4) is 0 Å². The van der Waals surface area contributed by atoms with Crippen LogP contribution in [0.25, 0.3) is 0 Å². The highest BCUT2D eigenvalue weighted by molar-refractivity contribution is 9.09. The first-order valence-electron chi connectivity index (χ1n) is 4.71. The summed E-state index contributed by atoms with van der Waals surface area (Å²) in [5, 5.41) is 13.9. The minimum absolute atomic E-state index is 0.112. The normalized spacial score (nSPS) is 12.1. The van der Waals surface area contributed by atoms with Gasteiger partial charge in [-0.2, -0.15) is 0 Å². The first kappa shape index (κ1) is 12.7. The van der Waals surface area contributed by atoms with Gasteiger partial charge in [0.15, 0.2) is 0 Å². The zero-order valence-corrected chi connectivity index (χ0v) is 10.3. The van der Waals surface area contributed by atoms with Gasteiger partial charge in [0, 0.05) is 17.9 Å². The van der Waals surface area contributed by atoms with Gasteiger partial charge in [-0.25, -0.2) is 0 Å². The Balaban J connectivity index is 2.56. The SMILES string of the molecule is CC(CBr)CNC(=O)c1cc([N+](=O)[O-])c[nH]1. The highest BCUT2D eigenvalue weighted by Gasteiger charge is 2.14. The van der Waals surface area contributed by atoms with Crippen molar-refractivity contribution in [1.29, 1.82) is 0 Å². The summed E-state index contributed by atoms with van der Waals surface area (Å²) in [5.41, 5.74) is 0.0900. The third-order valence-electron chi connectivity index (χ3n) is 2.00. The number of halogens is 1. The van der Waals surface area contributed by atoms with Crippen molar-refractivity contribution in [3.05, 3.63) is 28.1 Å². The minimum Gasteiger partial charge on any atom is -0.351 e. The maximum Gasteiger partial charge on any atom is 0.287 e. The molecule has 1 amide bonds. The Labute approximate surface area is 101 Å². The largest absolute Gasteiger partial charge is 0.351 e. The average Bonchev–Trinajstić information content (AvgIpc) is 2.74. The van der Waals surface area contributed by atoms with E-state index in [0.29, 0.717) is 12.5 Å². The number of carbonyl (C=O) groups excluding carboxylic acids is 1. The first-order valence-corrected chi connectivity index (χ1v) is 5.83.